The van der Waals surface area contributed by atoms with E-state index >= 15 is 0 Å². The van der Waals surface area contributed by atoms with E-state index in [9.17, 15) is 16.8 Å². The highest BCUT2D eigenvalue weighted by Crippen LogP contribution is 2.28. The first-order valence-electron chi connectivity index (χ1n) is 8.04. The van der Waals surface area contributed by atoms with Gasteiger partial charge in [0.1, 0.15) is 0 Å². The third kappa shape index (κ3) is 3.95. The van der Waals surface area contributed by atoms with Crippen LogP contribution in [-0.4, -0.2) is 44.7 Å². The minimum Gasteiger partial charge on any atom is -0.229 e. The van der Waals surface area contributed by atoms with E-state index in [-0.39, 0.29) is 22.4 Å². The summed E-state index contributed by atoms with van der Waals surface area (Å²) in [5, 5.41) is 0. The Bertz CT molecular complexity index is 739. The number of benzene rings is 1. The van der Waals surface area contributed by atoms with E-state index in [4.69, 9.17) is 0 Å². The molecule has 0 amide bonds. The maximum atomic E-state index is 13.1. The van der Waals surface area contributed by atoms with Crippen LogP contribution in [0.5, 0.6) is 0 Å². The summed E-state index contributed by atoms with van der Waals surface area (Å²) < 4.78 is 51.1. The Hall–Kier alpha value is -0.920. The molecule has 0 aromatic heterocycles. The molecule has 1 aromatic carbocycles. The highest BCUT2D eigenvalue weighted by atomic mass is 32.2. The van der Waals surface area contributed by atoms with Crippen LogP contribution in [0.25, 0.3) is 0 Å². The Morgan fingerprint density at radius 1 is 1.22 bits per heavy atom. The Kier molecular flexibility index (Phi) is 5.53. The molecule has 0 unspecified atom stereocenters. The Morgan fingerprint density at radius 3 is 2.26 bits per heavy atom. The summed E-state index contributed by atoms with van der Waals surface area (Å²) in [6.07, 6.45) is 1.86. The van der Waals surface area contributed by atoms with Gasteiger partial charge in [-0.15, -0.1) is 0 Å². The maximum Gasteiger partial charge on any atom is 0.243 e. The normalized spacial score (nSPS) is 22.3. The van der Waals surface area contributed by atoms with E-state index in [0.29, 0.717) is 12.8 Å². The SMILES string of the molecule is CCc1ccc(S(=O)(=O)N([C@H]2CCS(=O)(=O)C2)[C@H](C)CC)cc1. The summed E-state index contributed by atoms with van der Waals surface area (Å²) in [5.74, 6) is -0.0154. The van der Waals surface area contributed by atoms with Gasteiger partial charge in [0.05, 0.1) is 16.4 Å². The summed E-state index contributed by atoms with van der Waals surface area (Å²) in [4.78, 5) is 0.235. The number of rotatable bonds is 6. The number of nitrogens with zero attached hydrogens (tertiary/aromatic N) is 1. The zero-order chi connectivity index (χ0) is 17.3. The molecular weight excluding hydrogens is 334 g/mol. The molecular formula is C16H25NO4S2. The molecule has 2 rings (SSSR count). The summed E-state index contributed by atoms with van der Waals surface area (Å²) >= 11 is 0. The smallest absolute Gasteiger partial charge is 0.229 e. The van der Waals surface area contributed by atoms with Crippen LogP contribution in [0.4, 0.5) is 0 Å². The molecule has 1 aromatic rings. The van der Waals surface area contributed by atoms with Crippen molar-refractivity contribution >= 4 is 19.9 Å². The summed E-state index contributed by atoms with van der Waals surface area (Å²) in [6, 6.07) is 6.16. The van der Waals surface area contributed by atoms with E-state index in [2.05, 4.69) is 0 Å². The molecule has 1 fully saturated rings. The van der Waals surface area contributed by atoms with Gasteiger partial charge in [-0.25, -0.2) is 16.8 Å². The van der Waals surface area contributed by atoms with Crippen molar-refractivity contribution in [2.75, 3.05) is 11.5 Å². The first-order chi connectivity index (χ1) is 10.7. The van der Waals surface area contributed by atoms with Crippen LogP contribution in [0.2, 0.25) is 0 Å². The van der Waals surface area contributed by atoms with E-state index in [1.165, 1.54) is 4.31 Å². The summed E-state index contributed by atoms with van der Waals surface area (Å²) in [7, 11) is -6.84. The van der Waals surface area contributed by atoms with Crippen LogP contribution in [0.1, 0.15) is 39.2 Å². The average molecular weight is 360 g/mol. The van der Waals surface area contributed by atoms with Crippen LogP contribution in [0.15, 0.2) is 29.2 Å². The van der Waals surface area contributed by atoms with Crippen molar-refractivity contribution in [1.82, 2.24) is 4.31 Å². The minimum atomic E-state index is -3.70. The highest BCUT2D eigenvalue weighted by Gasteiger charge is 2.40. The van der Waals surface area contributed by atoms with Gasteiger partial charge >= 0.3 is 0 Å². The monoisotopic (exact) mass is 359 g/mol. The van der Waals surface area contributed by atoms with Crippen molar-refractivity contribution in [2.45, 2.75) is 57.0 Å². The van der Waals surface area contributed by atoms with Gasteiger partial charge < -0.3 is 0 Å². The number of hydrogen-bond donors (Lipinski definition) is 0. The third-order valence-corrected chi connectivity index (χ3v) is 8.33. The predicted molar refractivity (Wildman–Crippen MR) is 91.7 cm³/mol. The second kappa shape index (κ2) is 6.91. The second-order valence-corrected chi connectivity index (χ2v) is 10.2. The molecule has 130 valence electrons. The summed E-state index contributed by atoms with van der Waals surface area (Å²) in [5.41, 5.74) is 1.07. The van der Waals surface area contributed by atoms with Crippen molar-refractivity contribution in [2.24, 2.45) is 0 Å². The van der Waals surface area contributed by atoms with Crippen LogP contribution >= 0.6 is 0 Å². The topological polar surface area (TPSA) is 71.5 Å². The Morgan fingerprint density at radius 2 is 1.83 bits per heavy atom. The minimum absolute atomic E-state index is 0.0644. The average Bonchev–Trinajstić information content (AvgIpc) is 2.86. The predicted octanol–water partition coefficient (Wildman–Crippen LogP) is 2.23. The molecule has 23 heavy (non-hydrogen) atoms. The van der Waals surface area contributed by atoms with Gasteiger partial charge in [-0.05, 0) is 43.9 Å². The fourth-order valence-electron chi connectivity index (χ4n) is 2.97. The number of aryl methyl sites for hydroxylation is 1. The van der Waals surface area contributed by atoms with Crippen LogP contribution in [0, 0.1) is 0 Å². The molecule has 0 spiro atoms. The van der Waals surface area contributed by atoms with Crippen molar-refractivity contribution in [3.63, 3.8) is 0 Å². The van der Waals surface area contributed by atoms with E-state index in [1.807, 2.05) is 32.9 Å². The molecule has 0 N–H and O–H groups in total. The van der Waals surface area contributed by atoms with Gasteiger partial charge in [0.15, 0.2) is 9.84 Å². The van der Waals surface area contributed by atoms with Crippen LogP contribution < -0.4 is 0 Å². The van der Waals surface area contributed by atoms with Gasteiger partial charge in [0, 0.05) is 12.1 Å². The fourth-order valence-corrected chi connectivity index (χ4v) is 6.69. The van der Waals surface area contributed by atoms with Crippen molar-refractivity contribution in [1.29, 1.82) is 0 Å². The molecule has 0 saturated carbocycles. The first kappa shape index (κ1) is 18.4. The quantitative estimate of drug-likeness (QED) is 0.781. The third-order valence-electron chi connectivity index (χ3n) is 4.50. The lowest BCUT2D eigenvalue weighted by Crippen LogP contribution is -2.46. The fraction of sp³-hybridized carbons (Fsp3) is 0.625. The molecule has 1 aliphatic heterocycles. The van der Waals surface area contributed by atoms with Crippen molar-refractivity contribution < 1.29 is 16.8 Å². The van der Waals surface area contributed by atoms with Gasteiger partial charge in [0.25, 0.3) is 0 Å². The van der Waals surface area contributed by atoms with Crippen molar-refractivity contribution in [3.8, 4) is 0 Å². The van der Waals surface area contributed by atoms with E-state index < -0.39 is 25.9 Å². The van der Waals surface area contributed by atoms with Gasteiger partial charge in [-0.2, -0.15) is 4.31 Å². The van der Waals surface area contributed by atoms with Gasteiger partial charge in [-0.3, -0.25) is 0 Å². The molecule has 1 saturated heterocycles. The first-order valence-corrected chi connectivity index (χ1v) is 11.3. The Labute approximate surface area is 139 Å². The zero-order valence-corrected chi connectivity index (χ0v) is 15.5. The molecule has 5 nitrogen and oxygen atoms in total. The zero-order valence-electron chi connectivity index (χ0n) is 13.9. The largest absolute Gasteiger partial charge is 0.243 e. The highest BCUT2D eigenvalue weighted by molar-refractivity contribution is 7.92. The second-order valence-electron chi connectivity index (χ2n) is 6.15. The molecule has 0 bridgehead atoms. The van der Waals surface area contributed by atoms with E-state index in [1.54, 1.807) is 12.1 Å². The van der Waals surface area contributed by atoms with Crippen LogP contribution in [-0.2, 0) is 26.3 Å². The lowest BCUT2D eigenvalue weighted by molar-refractivity contribution is 0.271. The summed E-state index contributed by atoms with van der Waals surface area (Å²) in [6.45, 7) is 5.76. The molecule has 0 aliphatic carbocycles. The molecule has 7 heteroatoms. The lowest BCUT2D eigenvalue weighted by Gasteiger charge is -2.32. The van der Waals surface area contributed by atoms with Gasteiger partial charge in [-0.1, -0.05) is 26.0 Å². The standard InChI is InChI=1S/C16H25NO4S2/c1-4-13(3)17(15-10-11-22(18,19)12-15)23(20,21)16-8-6-14(5-2)7-9-16/h6-9,13,15H,4-5,10-12H2,1-3H3/t13-,15+/m1/s1. The number of sulfonamides is 1. The lowest BCUT2D eigenvalue weighted by atomic mass is 10.2. The maximum absolute atomic E-state index is 13.1. The van der Waals surface area contributed by atoms with Crippen LogP contribution in [0.3, 0.4) is 0 Å². The molecule has 1 heterocycles. The molecule has 2 atom stereocenters. The van der Waals surface area contributed by atoms with Crippen molar-refractivity contribution in [3.05, 3.63) is 29.8 Å². The molecule has 1 aliphatic rings. The Balaban J connectivity index is 2.41. The molecule has 0 radical (unpaired) electrons. The van der Waals surface area contributed by atoms with Gasteiger partial charge in [0.2, 0.25) is 10.0 Å². The number of hydrogen-bond acceptors (Lipinski definition) is 4. The van der Waals surface area contributed by atoms with E-state index in [0.717, 1.165) is 12.0 Å². The number of sulfone groups is 1.